The zero-order valence-corrected chi connectivity index (χ0v) is 13.8. The molecule has 0 saturated carbocycles. The van der Waals surface area contributed by atoms with Gasteiger partial charge < -0.3 is 15.4 Å². The number of piperazine rings is 1. The zero-order chi connectivity index (χ0) is 15.3. The van der Waals surface area contributed by atoms with Crippen LogP contribution in [0, 0.1) is 0 Å². The molecule has 1 saturated heterocycles. The van der Waals surface area contributed by atoms with Gasteiger partial charge in [0.15, 0.2) is 0 Å². The molecule has 2 rings (SSSR count). The third-order valence-corrected chi connectivity index (χ3v) is 4.54. The molecule has 1 aromatic rings. The predicted molar refractivity (Wildman–Crippen MR) is 89.2 cm³/mol. The summed E-state index contributed by atoms with van der Waals surface area (Å²) >= 11 is 5.95. The van der Waals surface area contributed by atoms with Gasteiger partial charge in [0.05, 0.1) is 12.1 Å². The van der Waals surface area contributed by atoms with Crippen molar-refractivity contribution in [2.75, 3.05) is 50.8 Å². The number of nitrogens with zero attached hydrogens (tertiary/aromatic N) is 2. The summed E-state index contributed by atoms with van der Waals surface area (Å²) in [5.74, 6) is 0. The Bertz CT molecular complexity index is 432. The fourth-order valence-electron chi connectivity index (χ4n) is 2.76. The highest BCUT2D eigenvalue weighted by Gasteiger charge is 2.33. The predicted octanol–water partition coefficient (Wildman–Crippen LogP) is 2.22. The Morgan fingerprint density at radius 3 is 2.33 bits per heavy atom. The van der Waals surface area contributed by atoms with Crippen molar-refractivity contribution in [2.24, 2.45) is 5.73 Å². The van der Waals surface area contributed by atoms with E-state index in [1.165, 1.54) is 5.69 Å². The summed E-state index contributed by atoms with van der Waals surface area (Å²) in [6.45, 7) is 10.3. The van der Waals surface area contributed by atoms with Crippen LogP contribution in [0.5, 0.6) is 0 Å². The zero-order valence-electron chi connectivity index (χ0n) is 13.0. The van der Waals surface area contributed by atoms with Gasteiger partial charge in [0.1, 0.15) is 0 Å². The molecule has 0 radical (unpaired) electrons. The van der Waals surface area contributed by atoms with Crippen molar-refractivity contribution in [3.05, 3.63) is 29.3 Å². The molecular weight excluding hydrogens is 286 g/mol. The molecule has 2 N–H and O–H groups in total. The van der Waals surface area contributed by atoms with E-state index < -0.39 is 0 Å². The summed E-state index contributed by atoms with van der Waals surface area (Å²) in [5, 5.41) is 0.782. The van der Waals surface area contributed by atoms with E-state index in [4.69, 9.17) is 22.1 Å². The first kappa shape index (κ1) is 16.6. The van der Waals surface area contributed by atoms with Crippen molar-refractivity contribution >= 4 is 17.3 Å². The van der Waals surface area contributed by atoms with E-state index in [1.54, 1.807) is 0 Å². The Morgan fingerprint density at radius 1 is 1.19 bits per heavy atom. The summed E-state index contributed by atoms with van der Waals surface area (Å²) in [4.78, 5) is 4.85. The van der Waals surface area contributed by atoms with Crippen LogP contribution in [-0.4, -0.2) is 56.4 Å². The van der Waals surface area contributed by atoms with E-state index in [0.717, 1.165) is 37.8 Å². The SMILES string of the molecule is CCOCC(C)(CN)N1CCN(c2ccc(Cl)cc2)CC1. The third-order valence-electron chi connectivity index (χ3n) is 4.29. The van der Waals surface area contributed by atoms with Crippen LogP contribution in [0.2, 0.25) is 5.02 Å². The standard InChI is InChI=1S/C16H26ClN3O/c1-3-21-13-16(2,12-18)20-10-8-19(9-11-20)15-6-4-14(17)5-7-15/h4-7H,3,8-13,18H2,1-2H3. The molecule has 1 fully saturated rings. The molecule has 21 heavy (non-hydrogen) atoms. The molecule has 0 bridgehead atoms. The van der Waals surface area contributed by atoms with E-state index in [2.05, 4.69) is 28.9 Å². The second-order valence-electron chi connectivity index (χ2n) is 5.79. The molecule has 0 aromatic heterocycles. The second kappa shape index (κ2) is 7.45. The first-order chi connectivity index (χ1) is 10.1. The third kappa shape index (κ3) is 4.10. The van der Waals surface area contributed by atoms with Gasteiger partial charge in [-0.1, -0.05) is 11.6 Å². The van der Waals surface area contributed by atoms with Crippen LogP contribution in [-0.2, 0) is 4.74 Å². The normalized spacial score (nSPS) is 19.5. The fourth-order valence-corrected chi connectivity index (χ4v) is 2.88. The van der Waals surface area contributed by atoms with Crippen molar-refractivity contribution in [2.45, 2.75) is 19.4 Å². The van der Waals surface area contributed by atoms with Gasteiger partial charge >= 0.3 is 0 Å². The smallest absolute Gasteiger partial charge is 0.0659 e. The highest BCUT2D eigenvalue weighted by atomic mass is 35.5. The van der Waals surface area contributed by atoms with Gasteiger partial charge in [-0.05, 0) is 38.1 Å². The minimum Gasteiger partial charge on any atom is -0.380 e. The lowest BCUT2D eigenvalue weighted by Gasteiger charge is -2.45. The maximum absolute atomic E-state index is 5.99. The van der Waals surface area contributed by atoms with Crippen LogP contribution in [0.25, 0.3) is 0 Å². The number of hydrogen-bond donors (Lipinski definition) is 1. The van der Waals surface area contributed by atoms with Crippen LogP contribution in [0.4, 0.5) is 5.69 Å². The number of ether oxygens (including phenoxy) is 1. The minimum atomic E-state index is -0.0674. The van der Waals surface area contributed by atoms with Gasteiger partial charge in [-0.2, -0.15) is 0 Å². The Labute approximate surface area is 132 Å². The first-order valence-corrected chi connectivity index (χ1v) is 8.00. The quantitative estimate of drug-likeness (QED) is 0.874. The van der Waals surface area contributed by atoms with Gasteiger partial charge in [-0.15, -0.1) is 0 Å². The minimum absolute atomic E-state index is 0.0674. The highest BCUT2D eigenvalue weighted by molar-refractivity contribution is 6.30. The highest BCUT2D eigenvalue weighted by Crippen LogP contribution is 2.22. The molecule has 118 valence electrons. The van der Waals surface area contributed by atoms with Crippen molar-refractivity contribution in [3.8, 4) is 0 Å². The molecule has 1 aromatic carbocycles. The van der Waals surface area contributed by atoms with E-state index in [0.29, 0.717) is 13.2 Å². The average molecular weight is 312 g/mol. The van der Waals surface area contributed by atoms with Crippen molar-refractivity contribution in [1.29, 1.82) is 0 Å². The molecule has 0 spiro atoms. The van der Waals surface area contributed by atoms with Crippen LogP contribution >= 0.6 is 11.6 Å². The topological polar surface area (TPSA) is 41.7 Å². The van der Waals surface area contributed by atoms with E-state index in [-0.39, 0.29) is 5.54 Å². The summed E-state index contributed by atoms with van der Waals surface area (Å²) in [7, 11) is 0. The molecule has 1 aliphatic rings. The van der Waals surface area contributed by atoms with Crippen LogP contribution in [0.1, 0.15) is 13.8 Å². The van der Waals surface area contributed by atoms with E-state index in [1.807, 2.05) is 19.1 Å². The fraction of sp³-hybridized carbons (Fsp3) is 0.625. The van der Waals surface area contributed by atoms with Gasteiger partial charge in [-0.3, -0.25) is 4.90 Å². The Balaban J connectivity index is 1.94. The van der Waals surface area contributed by atoms with Gasteiger partial charge in [-0.25, -0.2) is 0 Å². The molecule has 1 unspecified atom stereocenters. The summed E-state index contributed by atoms with van der Waals surface area (Å²) in [6, 6.07) is 8.06. The molecule has 5 heteroatoms. The van der Waals surface area contributed by atoms with Gasteiger partial charge in [0.25, 0.3) is 0 Å². The maximum atomic E-state index is 5.99. The summed E-state index contributed by atoms with van der Waals surface area (Å²) in [5.41, 5.74) is 7.16. The van der Waals surface area contributed by atoms with Crippen LogP contribution < -0.4 is 10.6 Å². The average Bonchev–Trinajstić information content (AvgIpc) is 2.53. The molecular formula is C16H26ClN3O. The van der Waals surface area contributed by atoms with Gasteiger partial charge in [0.2, 0.25) is 0 Å². The number of halogens is 1. The summed E-state index contributed by atoms with van der Waals surface area (Å²) in [6.07, 6.45) is 0. The number of rotatable bonds is 6. The maximum Gasteiger partial charge on any atom is 0.0659 e. The Hall–Kier alpha value is -0.810. The van der Waals surface area contributed by atoms with Crippen LogP contribution in [0.3, 0.4) is 0 Å². The molecule has 0 amide bonds. The number of benzene rings is 1. The van der Waals surface area contributed by atoms with Crippen molar-refractivity contribution < 1.29 is 4.74 Å². The lowest BCUT2D eigenvalue weighted by atomic mass is 10.00. The lowest BCUT2D eigenvalue weighted by molar-refractivity contribution is 0.00749. The van der Waals surface area contributed by atoms with Crippen LogP contribution in [0.15, 0.2) is 24.3 Å². The van der Waals surface area contributed by atoms with Crippen molar-refractivity contribution in [1.82, 2.24) is 4.90 Å². The molecule has 1 atom stereocenters. The second-order valence-corrected chi connectivity index (χ2v) is 6.23. The number of nitrogens with two attached hydrogens (primary N) is 1. The molecule has 4 nitrogen and oxygen atoms in total. The number of hydrogen-bond acceptors (Lipinski definition) is 4. The largest absolute Gasteiger partial charge is 0.380 e. The lowest BCUT2D eigenvalue weighted by Crippen LogP contribution is -2.61. The van der Waals surface area contributed by atoms with Crippen molar-refractivity contribution in [3.63, 3.8) is 0 Å². The summed E-state index contributed by atoms with van der Waals surface area (Å²) < 4.78 is 5.62. The molecule has 0 aliphatic carbocycles. The van der Waals surface area contributed by atoms with E-state index >= 15 is 0 Å². The molecule has 1 heterocycles. The first-order valence-electron chi connectivity index (χ1n) is 7.62. The van der Waals surface area contributed by atoms with E-state index in [9.17, 15) is 0 Å². The Morgan fingerprint density at radius 2 is 1.81 bits per heavy atom. The molecule has 1 aliphatic heterocycles. The monoisotopic (exact) mass is 311 g/mol. The Kier molecular flexibility index (Phi) is 5.88. The van der Waals surface area contributed by atoms with Gasteiger partial charge in [0, 0.05) is 50.0 Å². The number of anilines is 1.